The molecule has 0 atom stereocenters. The Balaban J connectivity index is 0.000000921. The summed E-state index contributed by atoms with van der Waals surface area (Å²) in [5.41, 5.74) is 5.16. The van der Waals surface area contributed by atoms with Gasteiger partial charge in [-0.2, -0.15) is 0 Å². The van der Waals surface area contributed by atoms with Gasteiger partial charge in [0, 0.05) is 0 Å². The van der Waals surface area contributed by atoms with E-state index in [2.05, 4.69) is 52.5 Å². The Bertz CT molecular complexity index is 319. The smallest absolute Gasteiger partial charge is 0.0201 e. The van der Waals surface area contributed by atoms with Gasteiger partial charge in [0.25, 0.3) is 0 Å². The van der Waals surface area contributed by atoms with Crippen LogP contribution in [-0.4, -0.2) is 0 Å². The second-order valence-electron chi connectivity index (χ2n) is 4.01. The first-order valence-corrected chi connectivity index (χ1v) is 5.78. The predicted molar refractivity (Wildman–Crippen MR) is 71.3 cm³/mol. The Hall–Kier alpha value is -1.04. The topological polar surface area (TPSA) is 0 Å². The lowest BCUT2D eigenvalue weighted by Gasteiger charge is -2.10. The van der Waals surface area contributed by atoms with E-state index >= 15 is 0 Å². The Kier molecular flexibility index (Phi) is 6.00. The zero-order valence-electron chi connectivity index (χ0n) is 11.0. The van der Waals surface area contributed by atoms with E-state index in [1.54, 1.807) is 0 Å². The van der Waals surface area contributed by atoms with Gasteiger partial charge < -0.3 is 0 Å². The highest BCUT2D eigenvalue weighted by Crippen LogP contribution is 2.22. The average molecular weight is 204 g/mol. The van der Waals surface area contributed by atoms with Gasteiger partial charge in [0.05, 0.1) is 0 Å². The monoisotopic (exact) mass is 204 g/mol. The molecule has 1 aromatic carbocycles. The molecule has 0 fully saturated rings. The van der Waals surface area contributed by atoms with Crippen LogP contribution in [0.3, 0.4) is 0 Å². The van der Waals surface area contributed by atoms with Gasteiger partial charge in [-0.3, -0.25) is 0 Å². The molecule has 0 heteroatoms. The van der Waals surface area contributed by atoms with Gasteiger partial charge in [-0.05, 0) is 36.5 Å². The van der Waals surface area contributed by atoms with Crippen molar-refractivity contribution >= 4 is 5.57 Å². The van der Waals surface area contributed by atoms with Crippen molar-refractivity contribution in [3.63, 3.8) is 0 Å². The first-order chi connectivity index (χ1) is 7.02. The molecular formula is C15H24. The van der Waals surface area contributed by atoms with Gasteiger partial charge in [-0.1, -0.05) is 58.0 Å². The summed E-state index contributed by atoms with van der Waals surface area (Å²) in [4.78, 5) is 0. The second kappa shape index (κ2) is 6.44. The van der Waals surface area contributed by atoms with Gasteiger partial charge in [0.15, 0.2) is 0 Å². The van der Waals surface area contributed by atoms with E-state index in [0.717, 1.165) is 5.57 Å². The van der Waals surface area contributed by atoms with E-state index in [0.29, 0.717) is 5.92 Å². The molecule has 1 aromatic rings. The van der Waals surface area contributed by atoms with Crippen LogP contribution in [0, 0.1) is 6.92 Å². The third kappa shape index (κ3) is 3.91. The van der Waals surface area contributed by atoms with Crippen molar-refractivity contribution in [2.24, 2.45) is 0 Å². The number of benzene rings is 1. The molecule has 0 heterocycles. The standard InChI is InChI=1S/C13H18.C2H6/c1-9(2)12-7-6-11(5)13(8-12)10(3)4;1-2/h6-9H,3H2,1-2,4-5H3;1-2H3. The number of hydrogen-bond acceptors (Lipinski definition) is 0. The van der Waals surface area contributed by atoms with E-state index in [1.165, 1.54) is 16.7 Å². The summed E-state index contributed by atoms with van der Waals surface area (Å²) in [7, 11) is 0. The number of aryl methyl sites for hydroxylation is 1. The highest BCUT2D eigenvalue weighted by Gasteiger charge is 2.03. The molecule has 0 saturated heterocycles. The van der Waals surface area contributed by atoms with Crippen LogP contribution < -0.4 is 0 Å². The van der Waals surface area contributed by atoms with Crippen molar-refractivity contribution in [3.8, 4) is 0 Å². The molecule has 0 aromatic heterocycles. The van der Waals surface area contributed by atoms with Crippen molar-refractivity contribution in [1.29, 1.82) is 0 Å². The van der Waals surface area contributed by atoms with E-state index in [4.69, 9.17) is 0 Å². The third-order valence-electron chi connectivity index (χ3n) is 2.39. The molecule has 0 saturated carbocycles. The van der Waals surface area contributed by atoms with Gasteiger partial charge in [-0.15, -0.1) is 0 Å². The zero-order valence-corrected chi connectivity index (χ0v) is 11.0. The lowest BCUT2D eigenvalue weighted by molar-refractivity contribution is 0.865. The van der Waals surface area contributed by atoms with Crippen LogP contribution in [0.4, 0.5) is 0 Å². The highest BCUT2D eigenvalue weighted by atomic mass is 14.1. The van der Waals surface area contributed by atoms with Crippen LogP contribution in [0.25, 0.3) is 5.57 Å². The third-order valence-corrected chi connectivity index (χ3v) is 2.39. The Morgan fingerprint density at radius 3 is 2.13 bits per heavy atom. The molecule has 0 radical (unpaired) electrons. The van der Waals surface area contributed by atoms with Crippen molar-refractivity contribution in [1.82, 2.24) is 0 Å². The fourth-order valence-corrected chi connectivity index (χ4v) is 1.46. The van der Waals surface area contributed by atoms with Crippen molar-refractivity contribution < 1.29 is 0 Å². The molecule has 0 spiro atoms. The van der Waals surface area contributed by atoms with E-state index in [-0.39, 0.29) is 0 Å². The van der Waals surface area contributed by atoms with Crippen LogP contribution in [0.1, 0.15) is 57.2 Å². The molecule has 0 nitrogen and oxygen atoms in total. The summed E-state index contributed by atoms with van der Waals surface area (Å²) in [6.45, 7) is 16.6. The summed E-state index contributed by atoms with van der Waals surface area (Å²) in [5.74, 6) is 0.596. The minimum absolute atomic E-state index is 0.596. The first kappa shape index (κ1) is 14.0. The maximum absolute atomic E-state index is 3.99. The van der Waals surface area contributed by atoms with Crippen LogP contribution in [0.5, 0.6) is 0 Å². The van der Waals surface area contributed by atoms with Crippen molar-refractivity contribution in [2.45, 2.75) is 47.5 Å². The Labute approximate surface area is 95.0 Å². The maximum Gasteiger partial charge on any atom is -0.0201 e. The first-order valence-electron chi connectivity index (χ1n) is 5.78. The lowest BCUT2D eigenvalue weighted by Crippen LogP contribution is -1.91. The summed E-state index contributed by atoms with van der Waals surface area (Å²) in [6, 6.07) is 6.63. The Morgan fingerprint density at radius 2 is 1.73 bits per heavy atom. The molecule has 15 heavy (non-hydrogen) atoms. The maximum atomic E-state index is 3.99. The highest BCUT2D eigenvalue weighted by molar-refractivity contribution is 5.65. The molecule has 0 bridgehead atoms. The van der Waals surface area contributed by atoms with Crippen LogP contribution >= 0.6 is 0 Å². The number of rotatable bonds is 2. The molecular weight excluding hydrogens is 180 g/mol. The van der Waals surface area contributed by atoms with Crippen molar-refractivity contribution in [3.05, 3.63) is 41.5 Å². The minimum atomic E-state index is 0.596. The van der Waals surface area contributed by atoms with Gasteiger partial charge in [0.2, 0.25) is 0 Å². The Morgan fingerprint density at radius 1 is 1.20 bits per heavy atom. The molecule has 0 aliphatic heterocycles. The van der Waals surface area contributed by atoms with E-state index in [1.807, 2.05) is 13.8 Å². The van der Waals surface area contributed by atoms with E-state index < -0.39 is 0 Å². The average Bonchev–Trinajstić information content (AvgIpc) is 2.20. The quantitative estimate of drug-likeness (QED) is 0.623. The normalized spacial score (nSPS) is 9.53. The van der Waals surface area contributed by atoms with Crippen LogP contribution in [0.15, 0.2) is 24.8 Å². The SMILES string of the molecule is C=C(C)c1cc(C(C)C)ccc1C.CC. The van der Waals surface area contributed by atoms with Gasteiger partial charge in [0.1, 0.15) is 0 Å². The number of allylic oxidation sites excluding steroid dienone is 1. The molecule has 0 aliphatic carbocycles. The zero-order chi connectivity index (χ0) is 12.0. The fourth-order valence-electron chi connectivity index (χ4n) is 1.46. The van der Waals surface area contributed by atoms with Gasteiger partial charge >= 0.3 is 0 Å². The minimum Gasteiger partial charge on any atom is -0.0955 e. The summed E-state index contributed by atoms with van der Waals surface area (Å²) < 4.78 is 0. The van der Waals surface area contributed by atoms with Crippen LogP contribution in [-0.2, 0) is 0 Å². The summed E-state index contributed by atoms with van der Waals surface area (Å²) in [5, 5.41) is 0. The van der Waals surface area contributed by atoms with E-state index in [9.17, 15) is 0 Å². The molecule has 0 aliphatic rings. The predicted octanol–water partition coefficient (Wildman–Crippen LogP) is 5.18. The van der Waals surface area contributed by atoms with Crippen LogP contribution in [0.2, 0.25) is 0 Å². The molecule has 0 amide bonds. The molecule has 0 N–H and O–H groups in total. The van der Waals surface area contributed by atoms with Gasteiger partial charge in [-0.25, -0.2) is 0 Å². The summed E-state index contributed by atoms with van der Waals surface area (Å²) >= 11 is 0. The molecule has 0 unspecified atom stereocenters. The second-order valence-corrected chi connectivity index (χ2v) is 4.01. The lowest BCUT2D eigenvalue weighted by atomic mass is 9.95. The molecule has 1 rings (SSSR count). The molecule has 84 valence electrons. The largest absolute Gasteiger partial charge is 0.0955 e. The summed E-state index contributed by atoms with van der Waals surface area (Å²) in [6.07, 6.45) is 0. The number of hydrogen-bond donors (Lipinski definition) is 0. The fraction of sp³-hybridized carbons (Fsp3) is 0.467. The van der Waals surface area contributed by atoms with Crippen molar-refractivity contribution in [2.75, 3.05) is 0 Å².